The van der Waals surface area contributed by atoms with Crippen molar-refractivity contribution in [1.82, 2.24) is 5.32 Å². The van der Waals surface area contributed by atoms with E-state index in [4.69, 9.17) is 10.8 Å². The Morgan fingerprint density at radius 3 is 2.38 bits per heavy atom. The molecule has 0 spiro atoms. The van der Waals surface area contributed by atoms with Crippen molar-refractivity contribution < 1.29 is 19.5 Å². The van der Waals surface area contributed by atoms with Crippen LogP contribution in [0.3, 0.4) is 0 Å². The molecule has 0 aliphatic carbocycles. The van der Waals surface area contributed by atoms with E-state index in [0.717, 1.165) is 0 Å². The summed E-state index contributed by atoms with van der Waals surface area (Å²) in [5, 5.41) is 13.9. The largest absolute Gasteiger partial charge is 0.481 e. The SMILES string of the molecule is CC(CCCNC(=O)Nc1ccc(C(N)=O)cc1)C(=O)O. The lowest BCUT2D eigenvalue weighted by molar-refractivity contribution is -0.141. The van der Waals surface area contributed by atoms with Crippen LogP contribution in [-0.4, -0.2) is 29.6 Å². The fourth-order valence-electron chi connectivity index (χ4n) is 1.63. The molecule has 1 aromatic rings. The molecule has 0 saturated carbocycles. The number of carboxylic acid groups (broad SMARTS) is 1. The van der Waals surface area contributed by atoms with Gasteiger partial charge >= 0.3 is 12.0 Å². The van der Waals surface area contributed by atoms with Crippen LogP contribution >= 0.6 is 0 Å². The van der Waals surface area contributed by atoms with Crippen LogP contribution in [-0.2, 0) is 4.79 Å². The van der Waals surface area contributed by atoms with E-state index in [1.54, 1.807) is 19.1 Å². The van der Waals surface area contributed by atoms with E-state index < -0.39 is 17.8 Å². The van der Waals surface area contributed by atoms with Gasteiger partial charge in [-0.05, 0) is 37.1 Å². The summed E-state index contributed by atoms with van der Waals surface area (Å²) in [4.78, 5) is 33.1. The van der Waals surface area contributed by atoms with Crippen molar-refractivity contribution in [3.63, 3.8) is 0 Å². The molecule has 0 aliphatic heterocycles. The molecule has 21 heavy (non-hydrogen) atoms. The van der Waals surface area contributed by atoms with E-state index in [0.29, 0.717) is 30.6 Å². The van der Waals surface area contributed by atoms with E-state index in [2.05, 4.69) is 10.6 Å². The van der Waals surface area contributed by atoms with E-state index in [9.17, 15) is 14.4 Å². The second kappa shape index (κ2) is 7.88. The molecular weight excluding hydrogens is 274 g/mol. The second-order valence-electron chi connectivity index (χ2n) is 4.70. The molecule has 0 fully saturated rings. The molecule has 1 rings (SSSR count). The number of carbonyl (C=O) groups excluding carboxylic acids is 2. The highest BCUT2D eigenvalue weighted by Crippen LogP contribution is 2.09. The summed E-state index contributed by atoms with van der Waals surface area (Å²) >= 11 is 0. The third kappa shape index (κ3) is 5.94. The highest BCUT2D eigenvalue weighted by molar-refractivity contribution is 5.94. The van der Waals surface area contributed by atoms with Gasteiger partial charge in [0.1, 0.15) is 0 Å². The number of aliphatic carboxylic acids is 1. The van der Waals surface area contributed by atoms with E-state index in [1.807, 2.05) is 0 Å². The molecule has 0 aromatic heterocycles. The fraction of sp³-hybridized carbons (Fsp3) is 0.357. The first-order valence-electron chi connectivity index (χ1n) is 6.57. The number of benzene rings is 1. The zero-order valence-corrected chi connectivity index (χ0v) is 11.8. The number of amides is 3. The molecule has 1 unspecified atom stereocenters. The molecular formula is C14H19N3O4. The number of carbonyl (C=O) groups is 3. The van der Waals surface area contributed by atoms with Crippen LogP contribution in [0.15, 0.2) is 24.3 Å². The van der Waals surface area contributed by atoms with Gasteiger partial charge in [-0.2, -0.15) is 0 Å². The smallest absolute Gasteiger partial charge is 0.319 e. The number of anilines is 1. The number of hydrogen-bond acceptors (Lipinski definition) is 3. The third-order valence-electron chi connectivity index (χ3n) is 2.95. The van der Waals surface area contributed by atoms with Crippen molar-refractivity contribution in [2.24, 2.45) is 11.7 Å². The Bertz CT molecular complexity index is 513. The van der Waals surface area contributed by atoms with Crippen molar-refractivity contribution >= 4 is 23.6 Å². The Morgan fingerprint density at radius 1 is 1.24 bits per heavy atom. The molecule has 114 valence electrons. The van der Waals surface area contributed by atoms with Crippen molar-refractivity contribution in [3.8, 4) is 0 Å². The summed E-state index contributed by atoms with van der Waals surface area (Å²) in [5.41, 5.74) is 6.01. The summed E-state index contributed by atoms with van der Waals surface area (Å²) < 4.78 is 0. The number of primary amides is 1. The molecule has 7 heteroatoms. The first-order valence-corrected chi connectivity index (χ1v) is 6.57. The van der Waals surface area contributed by atoms with Gasteiger partial charge in [0.25, 0.3) is 0 Å². The lowest BCUT2D eigenvalue weighted by Crippen LogP contribution is -2.30. The first kappa shape index (κ1) is 16.5. The molecule has 0 aliphatic rings. The topological polar surface area (TPSA) is 122 Å². The third-order valence-corrected chi connectivity index (χ3v) is 2.95. The summed E-state index contributed by atoms with van der Waals surface area (Å²) in [6.07, 6.45) is 1.09. The molecule has 1 aromatic carbocycles. The summed E-state index contributed by atoms with van der Waals surface area (Å²) in [6, 6.07) is 5.81. The highest BCUT2D eigenvalue weighted by Gasteiger charge is 2.10. The van der Waals surface area contributed by atoms with Crippen LogP contribution in [0.2, 0.25) is 0 Å². The van der Waals surface area contributed by atoms with E-state index in [-0.39, 0.29) is 6.03 Å². The Labute approximate surface area is 122 Å². The Hall–Kier alpha value is -2.57. The lowest BCUT2D eigenvalue weighted by Gasteiger charge is -2.09. The molecule has 7 nitrogen and oxygen atoms in total. The maximum absolute atomic E-state index is 11.6. The monoisotopic (exact) mass is 293 g/mol. The van der Waals surface area contributed by atoms with Gasteiger partial charge in [0.2, 0.25) is 5.91 Å². The lowest BCUT2D eigenvalue weighted by atomic mass is 10.1. The van der Waals surface area contributed by atoms with Gasteiger partial charge in [0, 0.05) is 17.8 Å². The number of hydrogen-bond donors (Lipinski definition) is 4. The van der Waals surface area contributed by atoms with Crippen molar-refractivity contribution in [1.29, 1.82) is 0 Å². The fourth-order valence-corrected chi connectivity index (χ4v) is 1.63. The van der Waals surface area contributed by atoms with E-state index >= 15 is 0 Å². The molecule has 0 bridgehead atoms. The molecule has 1 atom stereocenters. The normalized spacial score (nSPS) is 11.5. The zero-order chi connectivity index (χ0) is 15.8. The molecule has 0 radical (unpaired) electrons. The summed E-state index contributed by atoms with van der Waals surface area (Å²) in [5.74, 6) is -1.79. The van der Waals surface area contributed by atoms with Crippen molar-refractivity contribution in [2.75, 3.05) is 11.9 Å². The average Bonchev–Trinajstić information content (AvgIpc) is 2.43. The number of nitrogens with one attached hydrogen (secondary N) is 2. The van der Waals surface area contributed by atoms with Crippen LogP contribution in [0, 0.1) is 5.92 Å². The van der Waals surface area contributed by atoms with Gasteiger partial charge in [-0.25, -0.2) is 4.79 Å². The number of urea groups is 1. The predicted molar refractivity (Wildman–Crippen MR) is 78.0 cm³/mol. The van der Waals surface area contributed by atoms with Crippen LogP contribution in [0.4, 0.5) is 10.5 Å². The molecule has 3 amide bonds. The minimum absolute atomic E-state index is 0.364. The van der Waals surface area contributed by atoms with Crippen molar-refractivity contribution in [2.45, 2.75) is 19.8 Å². The van der Waals surface area contributed by atoms with Gasteiger partial charge in [-0.3, -0.25) is 9.59 Å². The minimum atomic E-state index is -0.839. The highest BCUT2D eigenvalue weighted by atomic mass is 16.4. The van der Waals surface area contributed by atoms with Crippen LogP contribution < -0.4 is 16.4 Å². The molecule has 0 heterocycles. The summed E-state index contributed by atoms with van der Waals surface area (Å²) in [6.45, 7) is 2.02. The number of rotatable bonds is 7. The second-order valence-corrected chi connectivity index (χ2v) is 4.70. The quantitative estimate of drug-likeness (QED) is 0.568. The van der Waals surface area contributed by atoms with Crippen LogP contribution in [0.5, 0.6) is 0 Å². The summed E-state index contributed by atoms with van der Waals surface area (Å²) in [7, 11) is 0. The van der Waals surface area contributed by atoms with Crippen molar-refractivity contribution in [3.05, 3.63) is 29.8 Å². The van der Waals surface area contributed by atoms with Gasteiger partial charge < -0.3 is 21.5 Å². The van der Waals surface area contributed by atoms with Gasteiger partial charge in [0.15, 0.2) is 0 Å². The Morgan fingerprint density at radius 2 is 1.86 bits per heavy atom. The Kier molecular flexibility index (Phi) is 6.19. The number of carboxylic acids is 1. The Balaban J connectivity index is 2.30. The maximum atomic E-state index is 11.6. The standard InChI is InChI=1S/C14H19N3O4/c1-9(13(19)20)3-2-8-16-14(21)17-11-6-4-10(5-7-11)12(15)18/h4-7,9H,2-3,8H2,1H3,(H2,15,18)(H,19,20)(H2,16,17,21). The van der Waals surface area contributed by atoms with Gasteiger partial charge in [-0.15, -0.1) is 0 Å². The minimum Gasteiger partial charge on any atom is -0.481 e. The first-order chi connectivity index (χ1) is 9.90. The van der Waals surface area contributed by atoms with Gasteiger partial charge in [0.05, 0.1) is 5.92 Å². The maximum Gasteiger partial charge on any atom is 0.319 e. The predicted octanol–water partition coefficient (Wildman–Crippen LogP) is 1.41. The molecule has 0 saturated heterocycles. The zero-order valence-electron chi connectivity index (χ0n) is 11.8. The van der Waals surface area contributed by atoms with E-state index in [1.165, 1.54) is 12.1 Å². The molecule has 5 N–H and O–H groups in total. The van der Waals surface area contributed by atoms with Gasteiger partial charge in [-0.1, -0.05) is 6.92 Å². The number of nitrogens with two attached hydrogens (primary N) is 1. The average molecular weight is 293 g/mol. The van der Waals surface area contributed by atoms with Crippen LogP contribution in [0.1, 0.15) is 30.1 Å². The van der Waals surface area contributed by atoms with Crippen LogP contribution in [0.25, 0.3) is 0 Å².